The second-order valence-electron chi connectivity index (χ2n) is 5.49. The maximum atomic E-state index is 12.8. The van der Waals surface area contributed by atoms with Crippen LogP contribution >= 0.6 is 23.1 Å². The predicted molar refractivity (Wildman–Crippen MR) is 86.9 cm³/mol. The molecule has 0 N–H and O–H groups in total. The number of rotatable bonds is 3. The zero-order valence-corrected chi connectivity index (χ0v) is 14.3. The van der Waals surface area contributed by atoms with Crippen LogP contribution in [0.1, 0.15) is 26.8 Å². The van der Waals surface area contributed by atoms with Crippen LogP contribution in [-0.4, -0.2) is 65.4 Å². The molecule has 0 saturated carbocycles. The Hall–Kier alpha value is -0.590. The summed E-state index contributed by atoms with van der Waals surface area (Å²) in [7, 11) is 4.14. The molecule has 1 aromatic heterocycles. The van der Waals surface area contributed by atoms with Crippen molar-refractivity contribution in [3.05, 3.63) is 15.6 Å². The minimum absolute atomic E-state index is 0.169. The molecule has 1 aliphatic heterocycles. The highest BCUT2D eigenvalue weighted by atomic mass is 32.2. The van der Waals surface area contributed by atoms with Gasteiger partial charge < -0.3 is 9.80 Å². The molecule has 20 heavy (non-hydrogen) atoms. The van der Waals surface area contributed by atoms with E-state index < -0.39 is 0 Å². The Morgan fingerprint density at radius 2 is 2.20 bits per heavy atom. The van der Waals surface area contributed by atoms with Crippen molar-refractivity contribution < 1.29 is 4.79 Å². The van der Waals surface area contributed by atoms with Gasteiger partial charge in [-0.05, 0) is 40.1 Å². The van der Waals surface area contributed by atoms with Crippen molar-refractivity contribution >= 4 is 29.0 Å². The van der Waals surface area contributed by atoms with E-state index in [-0.39, 0.29) is 5.91 Å². The lowest BCUT2D eigenvalue weighted by molar-refractivity contribution is 0.0679. The van der Waals surface area contributed by atoms with Gasteiger partial charge in [0.1, 0.15) is 4.88 Å². The molecule has 1 aromatic rings. The van der Waals surface area contributed by atoms with E-state index >= 15 is 0 Å². The second-order valence-corrected chi connectivity index (χ2v) is 7.84. The molecule has 1 aliphatic rings. The maximum absolute atomic E-state index is 12.8. The minimum Gasteiger partial charge on any atom is -0.333 e. The standard InChI is InChI=1S/C14H23N3OS2/c1-10-13(20-11(2)15-10)14(18)17-6-5-7-19-9-12(17)8-16(3)4/h12H,5-9H2,1-4H3. The van der Waals surface area contributed by atoms with Crippen molar-refractivity contribution in [3.63, 3.8) is 0 Å². The number of carbonyl (C=O) groups excluding carboxylic acids is 1. The van der Waals surface area contributed by atoms with Gasteiger partial charge in [-0.3, -0.25) is 4.79 Å². The summed E-state index contributed by atoms with van der Waals surface area (Å²) in [4.78, 5) is 22.3. The van der Waals surface area contributed by atoms with Crippen LogP contribution in [0, 0.1) is 13.8 Å². The molecule has 1 fully saturated rings. The first-order valence-corrected chi connectivity index (χ1v) is 8.93. The van der Waals surface area contributed by atoms with Gasteiger partial charge in [-0.25, -0.2) is 4.98 Å². The van der Waals surface area contributed by atoms with Crippen LogP contribution in [0.25, 0.3) is 0 Å². The number of likely N-dealkylation sites (N-methyl/N-ethyl adjacent to an activating group) is 1. The van der Waals surface area contributed by atoms with Crippen LogP contribution in [0.2, 0.25) is 0 Å². The number of amides is 1. The van der Waals surface area contributed by atoms with Crippen molar-refractivity contribution in [2.75, 3.05) is 38.7 Å². The SMILES string of the molecule is Cc1nc(C)c(C(=O)N2CCCSCC2CN(C)C)s1. The molecule has 2 heterocycles. The van der Waals surface area contributed by atoms with Gasteiger partial charge in [0.15, 0.2) is 0 Å². The molecule has 0 spiro atoms. The van der Waals surface area contributed by atoms with E-state index in [0.29, 0.717) is 6.04 Å². The number of thiazole rings is 1. The Kier molecular flexibility index (Phi) is 5.46. The summed E-state index contributed by atoms with van der Waals surface area (Å²) in [6, 6.07) is 0.298. The lowest BCUT2D eigenvalue weighted by Crippen LogP contribution is -2.46. The average Bonchev–Trinajstić information content (AvgIpc) is 2.58. The Morgan fingerprint density at radius 1 is 1.45 bits per heavy atom. The highest BCUT2D eigenvalue weighted by Gasteiger charge is 2.29. The van der Waals surface area contributed by atoms with E-state index in [2.05, 4.69) is 28.9 Å². The molecular formula is C14H23N3OS2. The normalized spacial score (nSPS) is 20.2. The molecule has 1 unspecified atom stereocenters. The number of nitrogens with zero attached hydrogens (tertiary/aromatic N) is 3. The summed E-state index contributed by atoms with van der Waals surface area (Å²) in [6.07, 6.45) is 1.08. The zero-order chi connectivity index (χ0) is 14.7. The van der Waals surface area contributed by atoms with E-state index in [4.69, 9.17) is 0 Å². The quantitative estimate of drug-likeness (QED) is 0.858. The molecule has 1 saturated heterocycles. The number of aryl methyl sites for hydroxylation is 2. The summed E-state index contributed by atoms with van der Waals surface area (Å²) in [5.41, 5.74) is 0.873. The predicted octanol–water partition coefficient (Wildman–Crippen LogP) is 2.27. The van der Waals surface area contributed by atoms with Gasteiger partial charge in [0.05, 0.1) is 16.7 Å². The first kappa shape index (κ1) is 15.8. The Labute approximate surface area is 129 Å². The first-order valence-electron chi connectivity index (χ1n) is 6.96. The first-order chi connectivity index (χ1) is 9.49. The van der Waals surface area contributed by atoms with E-state index in [1.165, 1.54) is 11.3 Å². The van der Waals surface area contributed by atoms with E-state index in [1.54, 1.807) is 0 Å². The van der Waals surface area contributed by atoms with Crippen molar-refractivity contribution in [3.8, 4) is 0 Å². The molecule has 0 aliphatic carbocycles. The average molecular weight is 313 g/mol. The lowest BCUT2D eigenvalue weighted by atomic mass is 10.2. The third-order valence-corrected chi connectivity index (χ3v) is 5.63. The summed E-state index contributed by atoms with van der Waals surface area (Å²) >= 11 is 3.48. The summed E-state index contributed by atoms with van der Waals surface area (Å²) in [5, 5.41) is 0.971. The Bertz CT molecular complexity index is 473. The maximum Gasteiger partial charge on any atom is 0.266 e. The highest BCUT2D eigenvalue weighted by Crippen LogP contribution is 2.24. The molecule has 6 heteroatoms. The third kappa shape index (κ3) is 3.74. The monoisotopic (exact) mass is 313 g/mol. The van der Waals surface area contributed by atoms with Crippen LogP contribution in [0.4, 0.5) is 0 Å². The number of hydrogen-bond donors (Lipinski definition) is 0. The molecule has 0 radical (unpaired) electrons. The lowest BCUT2D eigenvalue weighted by Gasteiger charge is -2.31. The molecule has 2 rings (SSSR count). The van der Waals surface area contributed by atoms with Gasteiger partial charge in [-0.1, -0.05) is 0 Å². The molecule has 4 nitrogen and oxygen atoms in total. The molecule has 0 bridgehead atoms. The fourth-order valence-electron chi connectivity index (χ4n) is 2.53. The van der Waals surface area contributed by atoms with Crippen LogP contribution in [0.5, 0.6) is 0 Å². The van der Waals surface area contributed by atoms with Gasteiger partial charge in [-0.15, -0.1) is 11.3 Å². The largest absolute Gasteiger partial charge is 0.333 e. The molecule has 0 aromatic carbocycles. The van der Waals surface area contributed by atoms with Gasteiger partial charge in [0.25, 0.3) is 5.91 Å². The smallest absolute Gasteiger partial charge is 0.266 e. The summed E-state index contributed by atoms with van der Waals surface area (Å²) in [6.45, 7) is 5.69. The van der Waals surface area contributed by atoms with E-state index in [0.717, 1.165) is 46.6 Å². The fraction of sp³-hybridized carbons (Fsp3) is 0.714. The van der Waals surface area contributed by atoms with Gasteiger partial charge in [0.2, 0.25) is 0 Å². The molecule has 1 amide bonds. The number of hydrogen-bond acceptors (Lipinski definition) is 5. The van der Waals surface area contributed by atoms with Crippen molar-refractivity contribution in [2.45, 2.75) is 26.3 Å². The van der Waals surface area contributed by atoms with Crippen molar-refractivity contribution in [1.82, 2.24) is 14.8 Å². The zero-order valence-electron chi connectivity index (χ0n) is 12.7. The number of thioether (sulfide) groups is 1. The van der Waals surface area contributed by atoms with E-state index in [1.807, 2.05) is 25.6 Å². The van der Waals surface area contributed by atoms with Crippen LogP contribution in [-0.2, 0) is 0 Å². The number of aromatic nitrogens is 1. The third-order valence-electron chi connectivity index (χ3n) is 3.37. The van der Waals surface area contributed by atoms with Crippen LogP contribution in [0.3, 0.4) is 0 Å². The molecular weight excluding hydrogens is 290 g/mol. The minimum atomic E-state index is 0.169. The topological polar surface area (TPSA) is 36.4 Å². The van der Waals surface area contributed by atoms with Crippen LogP contribution < -0.4 is 0 Å². The summed E-state index contributed by atoms with van der Waals surface area (Å²) in [5.74, 6) is 2.34. The van der Waals surface area contributed by atoms with Gasteiger partial charge in [-0.2, -0.15) is 11.8 Å². The van der Waals surface area contributed by atoms with Crippen molar-refractivity contribution in [1.29, 1.82) is 0 Å². The second kappa shape index (κ2) is 6.91. The Balaban J connectivity index is 2.21. The van der Waals surface area contributed by atoms with E-state index in [9.17, 15) is 4.79 Å². The fourth-order valence-corrected chi connectivity index (χ4v) is 4.46. The Morgan fingerprint density at radius 3 is 2.80 bits per heavy atom. The number of carbonyl (C=O) groups is 1. The molecule has 112 valence electrons. The van der Waals surface area contributed by atoms with Gasteiger partial charge in [0, 0.05) is 18.8 Å². The van der Waals surface area contributed by atoms with Gasteiger partial charge >= 0.3 is 0 Å². The molecule has 1 atom stereocenters. The van der Waals surface area contributed by atoms with Crippen LogP contribution in [0.15, 0.2) is 0 Å². The summed E-state index contributed by atoms with van der Waals surface area (Å²) < 4.78 is 0. The highest BCUT2D eigenvalue weighted by molar-refractivity contribution is 7.99. The van der Waals surface area contributed by atoms with Crippen molar-refractivity contribution in [2.24, 2.45) is 0 Å².